The van der Waals surface area contributed by atoms with Gasteiger partial charge in [-0.25, -0.2) is 23.1 Å². The normalized spacial score (nSPS) is 10.7. The van der Waals surface area contributed by atoms with Gasteiger partial charge in [-0.05, 0) is 18.6 Å². The van der Waals surface area contributed by atoms with E-state index in [0.717, 1.165) is 18.5 Å². The summed E-state index contributed by atoms with van der Waals surface area (Å²) in [6, 6.07) is 1.99. The lowest BCUT2D eigenvalue weighted by Gasteiger charge is -2.10. The first kappa shape index (κ1) is 12.3. The molecule has 0 radical (unpaired) electrons. The fourth-order valence-electron chi connectivity index (χ4n) is 1.72. The zero-order valence-electron chi connectivity index (χ0n) is 9.54. The lowest BCUT2D eigenvalue weighted by molar-refractivity contribution is 0.448. The predicted molar refractivity (Wildman–Crippen MR) is 61.1 cm³/mol. The van der Waals surface area contributed by atoms with Gasteiger partial charge in [-0.1, -0.05) is 6.92 Å². The number of halogens is 3. The van der Waals surface area contributed by atoms with Crippen molar-refractivity contribution in [3.63, 3.8) is 0 Å². The predicted octanol–water partition coefficient (Wildman–Crippen LogP) is 2.71. The fraction of sp³-hybridized carbons (Fsp3) is 0.167. The summed E-state index contributed by atoms with van der Waals surface area (Å²) in [5.41, 5.74) is 6.20. The summed E-state index contributed by atoms with van der Waals surface area (Å²) in [6.07, 6.45) is 1.62. The van der Waals surface area contributed by atoms with Crippen LogP contribution in [0.3, 0.4) is 0 Å². The van der Waals surface area contributed by atoms with Crippen LogP contribution in [-0.4, -0.2) is 9.97 Å². The van der Waals surface area contributed by atoms with Gasteiger partial charge in [0.15, 0.2) is 17.5 Å². The molecule has 0 bridgehead atoms. The molecule has 0 amide bonds. The number of benzene rings is 1. The van der Waals surface area contributed by atoms with Gasteiger partial charge in [-0.3, -0.25) is 0 Å². The molecule has 0 atom stereocenters. The molecule has 0 aliphatic heterocycles. The first-order valence-electron chi connectivity index (χ1n) is 5.29. The van der Waals surface area contributed by atoms with Crippen molar-refractivity contribution < 1.29 is 13.2 Å². The number of anilines is 1. The van der Waals surface area contributed by atoms with Crippen molar-refractivity contribution in [3.8, 4) is 11.3 Å². The summed E-state index contributed by atoms with van der Waals surface area (Å²) in [5.74, 6) is -3.84. The van der Waals surface area contributed by atoms with Crippen molar-refractivity contribution in [2.24, 2.45) is 0 Å². The number of hydrogen-bond donors (Lipinski definition) is 1. The number of rotatable bonds is 2. The van der Waals surface area contributed by atoms with E-state index >= 15 is 0 Å². The monoisotopic (exact) mass is 253 g/mol. The van der Waals surface area contributed by atoms with Crippen molar-refractivity contribution in [1.82, 2.24) is 9.97 Å². The molecule has 1 aromatic carbocycles. The smallest absolute Gasteiger partial charge is 0.195 e. The van der Waals surface area contributed by atoms with Gasteiger partial charge in [0.05, 0.1) is 5.69 Å². The van der Waals surface area contributed by atoms with Gasteiger partial charge in [0, 0.05) is 11.1 Å². The molecular weight excluding hydrogens is 243 g/mol. The van der Waals surface area contributed by atoms with E-state index in [4.69, 9.17) is 5.73 Å². The Balaban J connectivity index is 2.70. The molecule has 0 fully saturated rings. The van der Waals surface area contributed by atoms with Crippen LogP contribution in [0.25, 0.3) is 11.3 Å². The Morgan fingerprint density at radius 1 is 1.11 bits per heavy atom. The Hall–Kier alpha value is -2.11. The number of nitrogens with zero attached hydrogens (tertiary/aromatic N) is 2. The van der Waals surface area contributed by atoms with E-state index in [1.165, 1.54) is 0 Å². The summed E-state index contributed by atoms with van der Waals surface area (Å²) in [5, 5.41) is 0. The van der Waals surface area contributed by atoms with Crippen molar-refractivity contribution >= 4 is 5.82 Å². The van der Waals surface area contributed by atoms with Crippen LogP contribution in [0.1, 0.15) is 12.5 Å². The Labute approximate surface area is 101 Å². The minimum atomic E-state index is -1.52. The standard InChI is InChI=1S/C12H10F3N3/c1-2-6-11(17-5-18-12(6)16)7-3-4-8(13)10(15)9(7)14/h3-5H,2H2,1H3,(H2,16,17,18). The van der Waals surface area contributed by atoms with E-state index in [-0.39, 0.29) is 17.1 Å². The third kappa shape index (κ3) is 1.90. The van der Waals surface area contributed by atoms with E-state index in [1.807, 2.05) is 0 Å². The van der Waals surface area contributed by atoms with Crippen LogP contribution >= 0.6 is 0 Å². The fourth-order valence-corrected chi connectivity index (χ4v) is 1.72. The molecule has 0 aliphatic carbocycles. The molecule has 94 valence electrons. The maximum absolute atomic E-state index is 13.7. The molecule has 0 spiro atoms. The number of hydrogen-bond acceptors (Lipinski definition) is 3. The quantitative estimate of drug-likeness (QED) is 0.837. The highest BCUT2D eigenvalue weighted by atomic mass is 19.2. The maximum atomic E-state index is 13.7. The molecule has 1 aromatic heterocycles. The molecule has 6 heteroatoms. The van der Waals surface area contributed by atoms with Gasteiger partial charge in [0.1, 0.15) is 12.1 Å². The number of aromatic nitrogens is 2. The van der Waals surface area contributed by atoms with E-state index in [9.17, 15) is 13.2 Å². The second kappa shape index (κ2) is 4.64. The van der Waals surface area contributed by atoms with Crippen LogP contribution in [0.15, 0.2) is 18.5 Å². The minimum Gasteiger partial charge on any atom is -0.383 e. The SMILES string of the molecule is CCc1c(N)ncnc1-c1ccc(F)c(F)c1F. The molecule has 0 saturated heterocycles. The van der Waals surface area contributed by atoms with Crippen molar-refractivity contribution in [3.05, 3.63) is 41.5 Å². The molecular formula is C12H10F3N3. The molecule has 2 N–H and O–H groups in total. The molecule has 1 heterocycles. The third-order valence-electron chi connectivity index (χ3n) is 2.62. The highest BCUT2D eigenvalue weighted by Crippen LogP contribution is 2.28. The summed E-state index contributed by atoms with van der Waals surface area (Å²) < 4.78 is 39.7. The highest BCUT2D eigenvalue weighted by Gasteiger charge is 2.18. The third-order valence-corrected chi connectivity index (χ3v) is 2.62. The van der Waals surface area contributed by atoms with Gasteiger partial charge < -0.3 is 5.73 Å². The van der Waals surface area contributed by atoms with E-state index in [0.29, 0.717) is 12.0 Å². The average Bonchev–Trinajstić information content (AvgIpc) is 2.36. The highest BCUT2D eigenvalue weighted by molar-refractivity contribution is 5.68. The Morgan fingerprint density at radius 3 is 2.50 bits per heavy atom. The molecule has 3 nitrogen and oxygen atoms in total. The Kier molecular flexibility index (Phi) is 3.18. The molecule has 2 rings (SSSR count). The van der Waals surface area contributed by atoms with Crippen LogP contribution in [0, 0.1) is 17.5 Å². The van der Waals surface area contributed by atoms with E-state index in [1.54, 1.807) is 6.92 Å². The molecule has 0 unspecified atom stereocenters. The van der Waals surface area contributed by atoms with Crippen LogP contribution in [0.5, 0.6) is 0 Å². The molecule has 0 saturated carbocycles. The second-order valence-electron chi connectivity index (χ2n) is 3.66. The minimum absolute atomic E-state index is 0.125. The van der Waals surface area contributed by atoms with Gasteiger partial charge in [0.2, 0.25) is 0 Å². The molecule has 0 aliphatic rings. The zero-order valence-corrected chi connectivity index (χ0v) is 9.54. The number of nitrogens with two attached hydrogens (primary N) is 1. The lowest BCUT2D eigenvalue weighted by atomic mass is 10.0. The summed E-state index contributed by atoms with van der Waals surface area (Å²) in [6.45, 7) is 1.79. The first-order valence-corrected chi connectivity index (χ1v) is 5.29. The average molecular weight is 253 g/mol. The van der Waals surface area contributed by atoms with Crippen molar-refractivity contribution in [1.29, 1.82) is 0 Å². The van der Waals surface area contributed by atoms with Crippen LogP contribution < -0.4 is 5.73 Å². The van der Waals surface area contributed by atoms with Crippen LogP contribution in [0.4, 0.5) is 19.0 Å². The van der Waals surface area contributed by atoms with E-state index < -0.39 is 17.5 Å². The largest absolute Gasteiger partial charge is 0.383 e. The van der Waals surface area contributed by atoms with Crippen LogP contribution in [0.2, 0.25) is 0 Å². The maximum Gasteiger partial charge on any atom is 0.195 e. The summed E-state index contributed by atoms with van der Waals surface area (Å²) >= 11 is 0. The molecule has 18 heavy (non-hydrogen) atoms. The van der Waals surface area contributed by atoms with Crippen LogP contribution in [-0.2, 0) is 6.42 Å². The zero-order chi connectivity index (χ0) is 13.3. The Morgan fingerprint density at radius 2 is 1.83 bits per heavy atom. The van der Waals surface area contributed by atoms with Gasteiger partial charge in [0.25, 0.3) is 0 Å². The van der Waals surface area contributed by atoms with Gasteiger partial charge in [-0.15, -0.1) is 0 Å². The van der Waals surface area contributed by atoms with Crippen molar-refractivity contribution in [2.45, 2.75) is 13.3 Å². The lowest BCUT2D eigenvalue weighted by Crippen LogP contribution is -2.03. The summed E-state index contributed by atoms with van der Waals surface area (Å²) in [4.78, 5) is 7.67. The van der Waals surface area contributed by atoms with Gasteiger partial charge >= 0.3 is 0 Å². The van der Waals surface area contributed by atoms with Gasteiger partial charge in [-0.2, -0.15) is 0 Å². The number of nitrogen functional groups attached to an aromatic ring is 1. The second-order valence-corrected chi connectivity index (χ2v) is 3.66. The first-order chi connectivity index (χ1) is 8.56. The van der Waals surface area contributed by atoms with Crippen molar-refractivity contribution in [2.75, 3.05) is 5.73 Å². The Bertz CT molecular complexity index is 599. The summed E-state index contributed by atoms with van der Waals surface area (Å²) in [7, 11) is 0. The topological polar surface area (TPSA) is 51.8 Å². The molecule has 2 aromatic rings. The van der Waals surface area contributed by atoms with E-state index in [2.05, 4.69) is 9.97 Å².